The Labute approximate surface area is 169 Å². The monoisotopic (exact) mass is 489 g/mol. The van der Waals surface area contributed by atoms with Crippen LogP contribution < -0.4 is 0 Å². The van der Waals surface area contributed by atoms with Gasteiger partial charge in [0.15, 0.2) is 0 Å². The summed E-state index contributed by atoms with van der Waals surface area (Å²) in [7, 11) is 1.13. The average molecular weight is 489 g/mol. The van der Waals surface area contributed by atoms with Crippen LogP contribution in [0.25, 0.3) is 0 Å². The molecular weight excluding hydrogens is 469 g/mol. The second-order valence-corrected chi connectivity index (χ2v) is 7.28. The maximum Gasteiger partial charge on any atom is 0.322 e. The van der Waals surface area contributed by atoms with Gasteiger partial charge in [-0.3, -0.25) is 19.3 Å². The number of halogens is 1. The molecule has 0 bridgehead atoms. The molecule has 140 valence electrons. The van der Waals surface area contributed by atoms with Gasteiger partial charge in [0.25, 0.3) is 5.91 Å². The molecule has 0 spiro atoms. The van der Waals surface area contributed by atoms with Gasteiger partial charge in [0, 0.05) is 33.3 Å². The van der Waals surface area contributed by atoms with Gasteiger partial charge in [-0.15, -0.1) is 0 Å². The van der Waals surface area contributed by atoms with Gasteiger partial charge in [0.2, 0.25) is 5.91 Å². The number of imide groups is 1. The van der Waals surface area contributed by atoms with Crippen LogP contribution >= 0.6 is 30.4 Å². The van der Waals surface area contributed by atoms with Crippen LogP contribution in [0.4, 0.5) is 0 Å². The number of carbonyl (C=O) groups excluding carboxylic acids is 3. The Bertz CT molecular complexity index is 669. The minimum atomic E-state index is -1.40. The first kappa shape index (κ1) is 20.9. The van der Waals surface area contributed by atoms with Gasteiger partial charge in [-0.25, -0.2) is 0 Å². The van der Waals surface area contributed by atoms with E-state index in [4.69, 9.17) is 8.92 Å². The van der Waals surface area contributed by atoms with Crippen LogP contribution in [0.1, 0.15) is 29.6 Å². The van der Waals surface area contributed by atoms with E-state index in [9.17, 15) is 14.4 Å². The average Bonchev–Trinajstić information content (AvgIpc) is 2.67. The van der Waals surface area contributed by atoms with E-state index in [2.05, 4.69) is 6.58 Å². The van der Waals surface area contributed by atoms with E-state index in [-0.39, 0.29) is 26.2 Å². The Kier molecular flexibility index (Phi) is 8.11. The minimum Gasteiger partial charge on any atom is -0.461 e. The molecule has 1 aliphatic rings. The van der Waals surface area contributed by atoms with Crippen molar-refractivity contribution in [3.63, 3.8) is 0 Å². The van der Waals surface area contributed by atoms with Crippen molar-refractivity contribution in [2.24, 2.45) is 5.41 Å². The number of nitrogens with zero attached hydrogens (tertiary/aromatic N) is 1. The largest absolute Gasteiger partial charge is 0.461 e. The van der Waals surface area contributed by atoms with Gasteiger partial charge >= 0.3 is 5.97 Å². The number of amides is 2. The van der Waals surface area contributed by atoms with E-state index in [1.807, 2.05) is 21.2 Å². The van der Waals surface area contributed by atoms with Crippen LogP contribution in [0.5, 0.6) is 0 Å². The van der Waals surface area contributed by atoms with Crippen LogP contribution in [-0.4, -0.2) is 42.4 Å². The van der Waals surface area contributed by atoms with E-state index in [1.54, 1.807) is 30.3 Å². The highest BCUT2D eigenvalue weighted by Gasteiger charge is 2.52. The molecule has 0 N–H and O–H groups in total. The molecule has 1 fully saturated rings. The first-order valence-corrected chi connectivity index (χ1v) is 11.4. The Morgan fingerprint density at radius 3 is 2.73 bits per heavy atom. The molecule has 0 saturated carbocycles. The Balaban J connectivity index is 2.28. The minimum absolute atomic E-state index is 0.0163. The number of ether oxygens (including phenoxy) is 1. The molecule has 0 aliphatic carbocycles. The Morgan fingerprint density at radius 2 is 2.08 bits per heavy atom. The summed E-state index contributed by atoms with van der Waals surface area (Å²) >= 11 is 1.97. The standard InChI is InChI=1S/C18H20INO5S/c1-2-12-24-17(23)18(10-13-25-26-19)9-6-11-20(16(18)22)15(21)14-7-4-3-5-8-14/h2-5,7-8H,1,6,9-13H2. The zero-order valence-corrected chi connectivity index (χ0v) is 17.2. The molecule has 0 aromatic heterocycles. The fourth-order valence-electron chi connectivity index (χ4n) is 2.98. The molecule has 1 aromatic rings. The molecule has 2 rings (SSSR count). The molecule has 1 heterocycles. The predicted octanol–water partition coefficient (Wildman–Crippen LogP) is 3.57. The first-order chi connectivity index (χ1) is 12.6. The zero-order valence-electron chi connectivity index (χ0n) is 14.2. The van der Waals surface area contributed by atoms with Crippen molar-refractivity contribution < 1.29 is 23.3 Å². The molecule has 1 unspecified atom stereocenters. The lowest BCUT2D eigenvalue weighted by Gasteiger charge is -2.38. The van der Waals surface area contributed by atoms with Gasteiger partial charge < -0.3 is 8.92 Å². The second kappa shape index (κ2) is 10.1. The first-order valence-electron chi connectivity index (χ1n) is 8.16. The molecule has 26 heavy (non-hydrogen) atoms. The quantitative estimate of drug-likeness (QED) is 0.106. The number of hydrogen-bond donors (Lipinski definition) is 0. The highest BCUT2D eigenvalue weighted by molar-refractivity contribution is 14.2. The lowest BCUT2D eigenvalue weighted by Crippen LogP contribution is -2.55. The highest BCUT2D eigenvalue weighted by atomic mass is 127. The van der Waals surface area contributed by atoms with Crippen LogP contribution in [-0.2, 0) is 18.5 Å². The van der Waals surface area contributed by atoms with E-state index in [0.717, 1.165) is 14.1 Å². The third-order valence-corrected chi connectivity index (χ3v) is 5.30. The summed E-state index contributed by atoms with van der Waals surface area (Å²) in [5, 5.41) is 0. The van der Waals surface area contributed by atoms with Gasteiger partial charge in [-0.05, 0) is 31.4 Å². The molecule has 1 atom stereocenters. The van der Waals surface area contributed by atoms with Crippen molar-refractivity contribution in [1.29, 1.82) is 0 Å². The summed E-state index contributed by atoms with van der Waals surface area (Å²) in [4.78, 5) is 39.8. The van der Waals surface area contributed by atoms with Crippen LogP contribution in [0.15, 0.2) is 43.0 Å². The number of piperidine rings is 1. The maximum atomic E-state index is 13.2. The van der Waals surface area contributed by atoms with Crippen LogP contribution in [0, 0.1) is 5.41 Å². The summed E-state index contributed by atoms with van der Waals surface area (Å²) in [6.45, 7) is 4.03. The number of rotatable bonds is 8. The number of esters is 1. The van der Waals surface area contributed by atoms with Crippen molar-refractivity contribution in [1.82, 2.24) is 4.90 Å². The lowest BCUT2D eigenvalue weighted by molar-refractivity contribution is -0.167. The molecule has 1 aliphatic heterocycles. The van der Waals surface area contributed by atoms with Crippen LogP contribution in [0.3, 0.4) is 0 Å². The maximum absolute atomic E-state index is 13.2. The van der Waals surface area contributed by atoms with E-state index < -0.39 is 23.2 Å². The van der Waals surface area contributed by atoms with Crippen molar-refractivity contribution in [2.45, 2.75) is 19.3 Å². The van der Waals surface area contributed by atoms with Gasteiger partial charge in [-0.2, -0.15) is 0 Å². The lowest BCUT2D eigenvalue weighted by atomic mass is 9.76. The van der Waals surface area contributed by atoms with Crippen molar-refractivity contribution in [2.75, 3.05) is 19.8 Å². The van der Waals surface area contributed by atoms with Gasteiger partial charge in [-0.1, -0.05) is 30.9 Å². The summed E-state index contributed by atoms with van der Waals surface area (Å²) in [6, 6.07) is 8.57. The topological polar surface area (TPSA) is 72.9 Å². The van der Waals surface area contributed by atoms with E-state index in [0.29, 0.717) is 18.4 Å². The molecule has 0 radical (unpaired) electrons. The molecular formula is C18H20INO5S. The van der Waals surface area contributed by atoms with Crippen LogP contribution in [0.2, 0.25) is 0 Å². The third-order valence-electron chi connectivity index (χ3n) is 4.29. The SMILES string of the molecule is C=CCOC(=O)C1(CCOSI)CCCN(C(=O)c2ccccc2)C1=O. The van der Waals surface area contributed by atoms with Gasteiger partial charge in [0.1, 0.15) is 12.0 Å². The number of hydrogen-bond acceptors (Lipinski definition) is 6. The summed E-state index contributed by atoms with van der Waals surface area (Å²) < 4.78 is 10.5. The summed E-state index contributed by atoms with van der Waals surface area (Å²) in [5.41, 5.74) is -0.992. The molecule has 1 saturated heterocycles. The number of carbonyl (C=O) groups is 3. The zero-order chi connectivity index (χ0) is 19.0. The fourth-order valence-corrected chi connectivity index (χ4v) is 3.67. The molecule has 6 nitrogen and oxygen atoms in total. The van der Waals surface area contributed by atoms with E-state index >= 15 is 0 Å². The predicted molar refractivity (Wildman–Crippen MR) is 107 cm³/mol. The normalized spacial score (nSPS) is 19.9. The number of benzene rings is 1. The summed E-state index contributed by atoms with van der Waals surface area (Å²) in [6.07, 6.45) is 2.47. The van der Waals surface area contributed by atoms with Gasteiger partial charge in [0.05, 0.1) is 15.8 Å². The molecule has 2 amide bonds. The smallest absolute Gasteiger partial charge is 0.322 e. The van der Waals surface area contributed by atoms with Crippen molar-refractivity contribution in [3.8, 4) is 0 Å². The van der Waals surface area contributed by atoms with Crippen molar-refractivity contribution >= 4 is 48.2 Å². The molecule has 8 heteroatoms. The Hall–Kier alpha value is -1.39. The van der Waals surface area contributed by atoms with E-state index in [1.165, 1.54) is 6.08 Å². The summed E-state index contributed by atoms with van der Waals surface area (Å²) in [5.74, 6) is -1.55. The highest BCUT2D eigenvalue weighted by Crippen LogP contribution is 2.37. The Morgan fingerprint density at radius 1 is 1.35 bits per heavy atom. The van der Waals surface area contributed by atoms with Crippen molar-refractivity contribution in [3.05, 3.63) is 48.6 Å². The third kappa shape index (κ3) is 4.66. The molecule has 1 aromatic carbocycles. The number of likely N-dealkylation sites (tertiary alicyclic amines) is 1. The fraction of sp³-hybridized carbons (Fsp3) is 0.389. The second-order valence-electron chi connectivity index (χ2n) is 5.84.